The predicted molar refractivity (Wildman–Crippen MR) is 61.6 cm³/mol. The molecule has 0 heterocycles. The van der Waals surface area contributed by atoms with E-state index in [2.05, 4.69) is 5.32 Å². The van der Waals surface area contributed by atoms with Crippen molar-refractivity contribution >= 4 is 22.4 Å². The number of rotatable bonds is 1. The molecule has 0 fully saturated rings. The van der Waals surface area contributed by atoms with Crippen LogP contribution in [0.2, 0.25) is 0 Å². The van der Waals surface area contributed by atoms with Gasteiger partial charge >= 0.3 is 0 Å². The van der Waals surface area contributed by atoms with Gasteiger partial charge in [0.1, 0.15) is 11.5 Å². The molecule has 0 spiro atoms. The number of carbonyl (C=O) groups is 1. The zero-order valence-corrected chi connectivity index (χ0v) is 8.69. The van der Waals surface area contributed by atoms with Crippen LogP contribution in [0.5, 0.6) is 11.5 Å². The highest BCUT2D eigenvalue weighted by atomic mass is 16.3. The number of hydrogen-bond acceptors (Lipinski definition) is 3. The second-order valence-electron chi connectivity index (χ2n) is 3.55. The first-order valence-corrected chi connectivity index (χ1v) is 4.80. The molecule has 2 aromatic carbocycles. The number of aromatic hydroxyl groups is 2. The minimum absolute atomic E-state index is 0.0201. The van der Waals surface area contributed by atoms with Gasteiger partial charge in [-0.3, -0.25) is 4.79 Å². The van der Waals surface area contributed by atoms with Crippen LogP contribution in [-0.2, 0) is 4.79 Å². The van der Waals surface area contributed by atoms with Crippen molar-refractivity contribution in [2.75, 3.05) is 5.32 Å². The first kappa shape index (κ1) is 10.3. The monoisotopic (exact) mass is 217 g/mol. The fourth-order valence-corrected chi connectivity index (χ4v) is 1.60. The van der Waals surface area contributed by atoms with Gasteiger partial charge < -0.3 is 15.5 Å². The van der Waals surface area contributed by atoms with Gasteiger partial charge in [-0.1, -0.05) is 12.1 Å². The molecule has 1 amide bonds. The number of phenols is 2. The molecule has 4 heteroatoms. The number of phenolic OH excluding ortho intramolecular Hbond substituents is 2. The molecule has 0 saturated carbocycles. The van der Waals surface area contributed by atoms with Crippen LogP contribution >= 0.6 is 0 Å². The number of carbonyl (C=O) groups excluding carboxylic acids is 1. The largest absolute Gasteiger partial charge is 0.508 e. The summed E-state index contributed by atoms with van der Waals surface area (Å²) in [4.78, 5) is 11.0. The summed E-state index contributed by atoms with van der Waals surface area (Å²) in [6, 6.07) is 7.99. The van der Waals surface area contributed by atoms with E-state index in [0.29, 0.717) is 11.1 Å². The summed E-state index contributed by atoms with van der Waals surface area (Å²) in [5.74, 6) is -0.204. The highest BCUT2D eigenvalue weighted by Crippen LogP contribution is 2.34. The van der Waals surface area contributed by atoms with Gasteiger partial charge in [0.05, 0.1) is 5.69 Å². The van der Waals surface area contributed by atoms with Crippen molar-refractivity contribution in [1.29, 1.82) is 0 Å². The number of anilines is 1. The van der Waals surface area contributed by atoms with E-state index in [9.17, 15) is 15.0 Å². The molecule has 0 atom stereocenters. The van der Waals surface area contributed by atoms with Gasteiger partial charge in [0.25, 0.3) is 0 Å². The van der Waals surface area contributed by atoms with Gasteiger partial charge in [-0.05, 0) is 23.6 Å². The zero-order valence-electron chi connectivity index (χ0n) is 8.69. The van der Waals surface area contributed by atoms with Crippen LogP contribution in [0, 0.1) is 0 Å². The molecule has 0 aromatic heterocycles. The Morgan fingerprint density at radius 3 is 2.56 bits per heavy atom. The van der Waals surface area contributed by atoms with E-state index in [0.717, 1.165) is 5.39 Å². The first-order chi connectivity index (χ1) is 7.58. The maximum atomic E-state index is 11.0. The second-order valence-corrected chi connectivity index (χ2v) is 3.55. The molecular formula is C12H11NO3. The normalized spacial score (nSPS) is 10.3. The lowest BCUT2D eigenvalue weighted by Gasteiger charge is -2.09. The lowest BCUT2D eigenvalue weighted by molar-refractivity contribution is -0.114. The standard InChI is InChI=1S/C12H11NO3/c1-7(14)13-12-10-6-9(15)4-2-8(10)3-5-11(12)16/h2-6,15-16H,1H3,(H,13,14). The summed E-state index contributed by atoms with van der Waals surface area (Å²) in [5.41, 5.74) is 0.320. The van der Waals surface area contributed by atoms with Crippen molar-refractivity contribution in [2.24, 2.45) is 0 Å². The minimum atomic E-state index is -0.272. The number of fused-ring (bicyclic) bond motifs is 1. The number of nitrogens with one attached hydrogen (secondary N) is 1. The van der Waals surface area contributed by atoms with Crippen LogP contribution in [0.25, 0.3) is 10.8 Å². The SMILES string of the molecule is CC(=O)Nc1c(O)ccc2ccc(O)cc12. The molecule has 0 unspecified atom stereocenters. The van der Waals surface area contributed by atoms with E-state index < -0.39 is 0 Å². The van der Waals surface area contributed by atoms with Gasteiger partial charge in [-0.15, -0.1) is 0 Å². The quantitative estimate of drug-likeness (QED) is 0.641. The van der Waals surface area contributed by atoms with Crippen molar-refractivity contribution in [3.8, 4) is 11.5 Å². The Bertz CT molecular complexity index is 558. The van der Waals surface area contributed by atoms with E-state index in [1.54, 1.807) is 18.2 Å². The molecule has 2 rings (SSSR count). The highest BCUT2D eigenvalue weighted by Gasteiger charge is 2.08. The van der Waals surface area contributed by atoms with Crippen molar-refractivity contribution < 1.29 is 15.0 Å². The average Bonchev–Trinajstić information content (AvgIpc) is 2.22. The Labute approximate surface area is 92.1 Å². The number of hydrogen-bond donors (Lipinski definition) is 3. The van der Waals surface area contributed by atoms with E-state index in [-0.39, 0.29) is 17.4 Å². The third kappa shape index (κ3) is 1.77. The van der Waals surface area contributed by atoms with Crippen molar-refractivity contribution in [3.05, 3.63) is 30.3 Å². The molecular weight excluding hydrogens is 206 g/mol. The summed E-state index contributed by atoms with van der Waals surface area (Å²) in [6.07, 6.45) is 0. The first-order valence-electron chi connectivity index (χ1n) is 4.80. The molecule has 0 bridgehead atoms. The van der Waals surface area contributed by atoms with Crippen LogP contribution < -0.4 is 5.32 Å². The van der Waals surface area contributed by atoms with E-state index in [1.165, 1.54) is 19.1 Å². The molecule has 3 N–H and O–H groups in total. The van der Waals surface area contributed by atoms with Crippen LogP contribution in [0.1, 0.15) is 6.92 Å². The van der Waals surface area contributed by atoms with E-state index in [1.807, 2.05) is 0 Å². The maximum Gasteiger partial charge on any atom is 0.221 e. The number of amides is 1. The van der Waals surface area contributed by atoms with Crippen LogP contribution in [0.3, 0.4) is 0 Å². The highest BCUT2D eigenvalue weighted by molar-refractivity contribution is 6.04. The Balaban J connectivity index is 2.72. The van der Waals surface area contributed by atoms with Crippen molar-refractivity contribution in [1.82, 2.24) is 0 Å². The molecule has 2 aromatic rings. The Morgan fingerprint density at radius 1 is 1.19 bits per heavy atom. The lowest BCUT2D eigenvalue weighted by Crippen LogP contribution is -2.06. The smallest absolute Gasteiger partial charge is 0.221 e. The van der Waals surface area contributed by atoms with Gasteiger partial charge in [0.15, 0.2) is 0 Å². The van der Waals surface area contributed by atoms with Crippen molar-refractivity contribution in [2.45, 2.75) is 6.92 Å². The molecule has 16 heavy (non-hydrogen) atoms. The topological polar surface area (TPSA) is 69.6 Å². The molecule has 4 nitrogen and oxygen atoms in total. The van der Waals surface area contributed by atoms with E-state index in [4.69, 9.17) is 0 Å². The second kappa shape index (κ2) is 3.73. The third-order valence-corrected chi connectivity index (χ3v) is 2.28. The summed E-state index contributed by atoms with van der Waals surface area (Å²) in [7, 11) is 0. The summed E-state index contributed by atoms with van der Waals surface area (Å²) >= 11 is 0. The van der Waals surface area contributed by atoms with Gasteiger partial charge in [-0.2, -0.15) is 0 Å². The molecule has 0 aliphatic carbocycles. The fraction of sp³-hybridized carbons (Fsp3) is 0.0833. The lowest BCUT2D eigenvalue weighted by atomic mass is 10.1. The molecule has 0 aliphatic rings. The average molecular weight is 217 g/mol. The maximum absolute atomic E-state index is 11.0. The molecule has 0 radical (unpaired) electrons. The molecule has 0 aliphatic heterocycles. The van der Waals surface area contributed by atoms with Crippen molar-refractivity contribution in [3.63, 3.8) is 0 Å². The predicted octanol–water partition coefficient (Wildman–Crippen LogP) is 2.21. The van der Waals surface area contributed by atoms with Crippen LogP contribution in [0.4, 0.5) is 5.69 Å². The van der Waals surface area contributed by atoms with Gasteiger partial charge in [-0.25, -0.2) is 0 Å². The van der Waals surface area contributed by atoms with Gasteiger partial charge in [0, 0.05) is 12.3 Å². The summed E-state index contributed by atoms with van der Waals surface area (Å²) in [5, 5.41) is 23.0. The van der Waals surface area contributed by atoms with E-state index >= 15 is 0 Å². The van der Waals surface area contributed by atoms with Crippen LogP contribution in [0.15, 0.2) is 30.3 Å². The number of benzene rings is 2. The van der Waals surface area contributed by atoms with Crippen LogP contribution in [-0.4, -0.2) is 16.1 Å². The minimum Gasteiger partial charge on any atom is -0.508 e. The fourth-order valence-electron chi connectivity index (χ4n) is 1.60. The molecule has 82 valence electrons. The summed E-state index contributed by atoms with van der Waals surface area (Å²) in [6.45, 7) is 1.36. The Hall–Kier alpha value is -2.23. The van der Waals surface area contributed by atoms with Gasteiger partial charge in [0.2, 0.25) is 5.91 Å². The Kier molecular flexibility index (Phi) is 2.40. The third-order valence-electron chi connectivity index (χ3n) is 2.28. The Morgan fingerprint density at radius 2 is 1.88 bits per heavy atom. The zero-order chi connectivity index (χ0) is 11.7. The summed E-state index contributed by atoms with van der Waals surface area (Å²) < 4.78 is 0. The molecule has 0 saturated heterocycles.